The minimum atomic E-state index is -1.59. The van der Waals surface area contributed by atoms with E-state index >= 15 is 0 Å². The van der Waals surface area contributed by atoms with Crippen LogP contribution in [0.2, 0.25) is 0 Å². The Hall–Kier alpha value is -10.7. The molecule has 108 heavy (non-hydrogen) atoms. The van der Waals surface area contributed by atoms with Crippen LogP contribution in [0.25, 0.3) is 30.6 Å². The fourth-order valence-corrected chi connectivity index (χ4v) is 14.7. The Bertz CT molecular complexity index is 4770. The number of rotatable bonds is 11. The van der Waals surface area contributed by atoms with E-state index in [0.29, 0.717) is 59.2 Å². The monoisotopic (exact) mass is 1530 g/mol. The van der Waals surface area contributed by atoms with Gasteiger partial charge < -0.3 is 67.3 Å². The molecule has 0 aliphatic carbocycles. The van der Waals surface area contributed by atoms with Gasteiger partial charge in [-0.3, -0.25) is 34.6 Å². The number of nitrogens with zero attached hydrogens (tertiary/aromatic N) is 8. The number of aryl methyl sites for hydroxylation is 3. The number of pyridine rings is 3. The summed E-state index contributed by atoms with van der Waals surface area (Å²) in [5.41, 5.74) is 13.6. The van der Waals surface area contributed by atoms with Gasteiger partial charge in [-0.15, -0.1) is 0 Å². The molecule has 574 valence electrons. The number of amides is 7. The highest BCUT2D eigenvalue weighted by Gasteiger charge is 2.37. The first-order valence-electron chi connectivity index (χ1n) is 35.5. The molecule has 9 aromatic rings. The summed E-state index contributed by atoms with van der Waals surface area (Å²) in [6.07, 6.45) is 8.89. The predicted octanol–water partition coefficient (Wildman–Crippen LogP) is 14.0. The van der Waals surface area contributed by atoms with Crippen molar-refractivity contribution in [1.82, 2.24) is 45.0 Å². The maximum atomic E-state index is 13.4. The number of carboxylic acid groups (broad SMARTS) is 1. The van der Waals surface area contributed by atoms with Gasteiger partial charge in [0.1, 0.15) is 28.7 Å². The van der Waals surface area contributed by atoms with E-state index in [-0.39, 0.29) is 29.5 Å². The summed E-state index contributed by atoms with van der Waals surface area (Å²) in [5.74, 6) is -2.91. The second-order valence-electron chi connectivity index (χ2n) is 29.1. The van der Waals surface area contributed by atoms with Crippen molar-refractivity contribution in [3.8, 4) is 0 Å². The number of carbonyl (C=O) groups excluding carboxylic acids is 7. The Morgan fingerprint density at radius 3 is 1.22 bits per heavy atom. The zero-order valence-corrected chi connectivity index (χ0v) is 65.8. The van der Waals surface area contributed by atoms with Gasteiger partial charge in [-0.2, -0.15) is 0 Å². The molecule has 0 saturated carbocycles. The summed E-state index contributed by atoms with van der Waals surface area (Å²) in [5, 5.41) is 36.6. The number of ether oxygens (including phenoxy) is 2. The predicted molar refractivity (Wildman–Crippen MR) is 427 cm³/mol. The lowest BCUT2D eigenvalue weighted by molar-refractivity contribution is -0.147. The van der Waals surface area contributed by atoms with E-state index in [2.05, 4.69) is 117 Å². The Morgan fingerprint density at radius 1 is 0.491 bits per heavy atom. The molecule has 29 nitrogen and oxygen atoms in total. The minimum absolute atomic E-state index is 0.162. The van der Waals surface area contributed by atoms with Crippen molar-refractivity contribution in [2.24, 2.45) is 17.8 Å². The van der Waals surface area contributed by atoms with Crippen LogP contribution in [0.1, 0.15) is 152 Å². The number of fused-ring (bicyclic) bond motifs is 3. The molecule has 7 amide bonds. The van der Waals surface area contributed by atoms with Crippen LogP contribution in [-0.2, 0) is 38.2 Å². The lowest BCUT2D eigenvalue weighted by atomic mass is 9.89. The van der Waals surface area contributed by atoms with Crippen LogP contribution in [0, 0.1) is 38.5 Å². The molecular weight excluding hydrogens is 1440 g/mol. The van der Waals surface area contributed by atoms with Gasteiger partial charge >= 0.3 is 47.7 Å². The van der Waals surface area contributed by atoms with Crippen LogP contribution in [0.3, 0.4) is 0 Å². The average molecular weight is 1530 g/mol. The van der Waals surface area contributed by atoms with Gasteiger partial charge in [0.25, 0.3) is 0 Å². The van der Waals surface area contributed by atoms with E-state index in [9.17, 15) is 38.4 Å². The molecule has 3 aliphatic heterocycles. The number of nitrogen functional groups attached to an aromatic ring is 1. The van der Waals surface area contributed by atoms with Crippen molar-refractivity contribution in [2.45, 2.75) is 151 Å². The zero-order valence-electron chi connectivity index (χ0n) is 63.4. The van der Waals surface area contributed by atoms with Crippen LogP contribution in [-0.4, -0.2) is 144 Å². The molecule has 4 unspecified atom stereocenters. The standard InChI is InChI=1S/C27H34N6O4S.C22H26N6O2S.C14H19N3S.C13H17N3O5/c1-15-7-9-20(17-8-10-21-19(12-17)31-25(28-6)38-21)33(14-15)24(35)23(34)30-18-11-16(2)22(29-13-18)32-26(36)37-27(3,4)5;1-12-4-6-17(14-5-7-18-16(9-14)27-22(24-3)31-18)28(11-12)21(30)20(29)26-15-8-13(2)19(23)25-10-15;1-9-3-5-11(16-8-9)10-4-6-13-12(7-10)17-14(15-2)18-13;1-7-5-8(15-10(17)11(18)19)6-14-9(7)16-12(20)21-13(2,3)4/h8,10-13,15,20H,7,9,14H2,1-6H3,(H,28,31)(H,30,34)(H,29,32,36);5,7-10,12,17H,4,6,11H2,1-3H3,(H2,23,25)(H,24,27)(H,26,29);4,6-7,9,11,16H,3,5,8H2,1-2H3,(H,15,17);5-6H,1-4H3,(H,15,17)(H,18,19)(H,14,16,20)/t;12-,17+;;/m.1../s1. The highest BCUT2D eigenvalue weighted by molar-refractivity contribution is 7.22. The van der Waals surface area contributed by atoms with E-state index in [1.807, 2.05) is 57.5 Å². The molecule has 9 heterocycles. The first kappa shape index (κ1) is 81.4. The van der Waals surface area contributed by atoms with Crippen molar-refractivity contribution >= 4 is 162 Å². The fourth-order valence-electron chi connectivity index (χ4n) is 12.3. The van der Waals surface area contributed by atoms with E-state index < -0.39 is 58.9 Å². The summed E-state index contributed by atoms with van der Waals surface area (Å²) in [6, 6.07) is 23.8. The summed E-state index contributed by atoms with van der Waals surface area (Å²) < 4.78 is 13.7. The number of thiazole rings is 3. The maximum absolute atomic E-state index is 13.4. The fraction of sp³-hybridized carbons (Fsp3) is 0.421. The lowest BCUT2D eigenvalue weighted by Crippen LogP contribution is -2.46. The van der Waals surface area contributed by atoms with Crippen LogP contribution in [0.4, 0.5) is 59.5 Å². The number of likely N-dealkylation sites (tertiary alicyclic amines) is 2. The second kappa shape index (κ2) is 35.8. The first-order chi connectivity index (χ1) is 51.1. The van der Waals surface area contributed by atoms with Crippen molar-refractivity contribution in [3.63, 3.8) is 0 Å². The van der Waals surface area contributed by atoms with Gasteiger partial charge in [-0.1, -0.05) is 73.0 Å². The topological polar surface area (TPSA) is 393 Å². The summed E-state index contributed by atoms with van der Waals surface area (Å²) >= 11 is 4.87. The first-order valence-corrected chi connectivity index (χ1v) is 38.0. The largest absolute Gasteiger partial charge is 0.474 e. The second-order valence-corrected chi connectivity index (χ2v) is 32.2. The number of benzene rings is 3. The average Bonchev–Trinajstić information content (AvgIpc) is 1.27. The number of nitrogens with one attached hydrogen (secondary N) is 9. The number of carbonyl (C=O) groups is 8. The number of piperidine rings is 3. The molecule has 3 aliphatic rings. The Morgan fingerprint density at radius 2 is 0.861 bits per heavy atom. The van der Waals surface area contributed by atoms with Crippen LogP contribution in [0.5, 0.6) is 0 Å². The quantitative estimate of drug-likeness (QED) is 0.0536. The maximum Gasteiger partial charge on any atom is 0.413 e. The molecule has 6 atom stereocenters. The Labute approximate surface area is 639 Å². The molecule has 0 radical (unpaired) electrons. The molecule has 3 fully saturated rings. The minimum Gasteiger partial charge on any atom is -0.474 e. The lowest BCUT2D eigenvalue weighted by Gasteiger charge is -2.38. The summed E-state index contributed by atoms with van der Waals surface area (Å²) in [4.78, 5) is 127. The SMILES string of the molecule is CNc1nc2cc(C3CCC(C)CN3)ccc2s1.CNc1nc2cc(C3CCC(C)CN3C(=O)C(=O)Nc3cnc(NC(=O)OC(C)(C)C)c(C)c3)ccc2s1.CNc1nc2cc([C@@H]3CC[C@@H](C)CN3C(=O)C(=O)Nc3cnc(N)c(C)c3)ccc2s1.Cc1cc(NC(=O)C(=O)O)cnc1NC(=O)OC(C)(C)C. The number of aliphatic carboxylic acids is 1. The third kappa shape index (κ3) is 22.2. The number of hydrogen-bond acceptors (Lipinski definition) is 24. The number of aromatic nitrogens is 6. The molecule has 12 rings (SSSR count). The van der Waals surface area contributed by atoms with E-state index in [1.165, 1.54) is 47.8 Å². The third-order valence-corrected chi connectivity index (χ3v) is 20.9. The molecule has 12 N–H and O–H groups in total. The highest BCUT2D eigenvalue weighted by atomic mass is 32.1. The number of carboxylic acids is 1. The third-order valence-electron chi connectivity index (χ3n) is 17.7. The Kier molecular flexibility index (Phi) is 27.0. The van der Waals surface area contributed by atoms with Crippen LogP contribution < -0.4 is 53.6 Å². The molecular formula is C76H96N18O11S3. The van der Waals surface area contributed by atoms with Crippen LogP contribution >= 0.6 is 34.0 Å². The molecule has 3 saturated heterocycles. The number of hydrogen-bond donors (Lipinski definition) is 11. The van der Waals surface area contributed by atoms with Gasteiger partial charge in [0, 0.05) is 40.3 Å². The molecule has 0 bridgehead atoms. The smallest absolute Gasteiger partial charge is 0.413 e. The Balaban J connectivity index is 0.000000173. The number of anilines is 9. The van der Waals surface area contributed by atoms with Gasteiger partial charge in [0.15, 0.2) is 15.4 Å². The normalized spacial score (nSPS) is 17.7. The zero-order chi connectivity index (χ0) is 78.5. The van der Waals surface area contributed by atoms with Gasteiger partial charge in [-0.25, -0.2) is 44.3 Å². The van der Waals surface area contributed by atoms with E-state index in [0.717, 1.165) is 96.2 Å². The van der Waals surface area contributed by atoms with Gasteiger partial charge in [0.05, 0.1) is 78.4 Å². The van der Waals surface area contributed by atoms with Crippen LogP contribution in [0.15, 0.2) is 91.4 Å². The summed E-state index contributed by atoms with van der Waals surface area (Å²) in [7, 11) is 5.60. The van der Waals surface area contributed by atoms with Crippen molar-refractivity contribution < 1.29 is 52.9 Å². The molecule has 3 aromatic carbocycles. The molecule has 6 aromatic heterocycles. The van der Waals surface area contributed by atoms with E-state index in [4.69, 9.17) is 20.3 Å². The molecule has 0 spiro atoms. The molecule has 32 heteroatoms. The van der Waals surface area contributed by atoms with E-state index in [1.54, 1.807) is 118 Å². The van der Waals surface area contributed by atoms with Crippen molar-refractivity contribution in [1.29, 1.82) is 0 Å². The number of nitrogens with two attached hydrogens (primary N) is 1. The van der Waals surface area contributed by atoms with Crippen molar-refractivity contribution in [2.75, 3.05) is 89.0 Å². The van der Waals surface area contributed by atoms with Gasteiger partial charge in [-0.05, 0) is 213 Å². The van der Waals surface area contributed by atoms with Gasteiger partial charge in [0.2, 0.25) is 0 Å². The highest BCUT2D eigenvalue weighted by Crippen LogP contribution is 2.39. The summed E-state index contributed by atoms with van der Waals surface area (Å²) in [6.45, 7) is 24.4. The van der Waals surface area contributed by atoms with Crippen molar-refractivity contribution in [3.05, 3.63) is 125 Å².